The van der Waals surface area contributed by atoms with Gasteiger partial charge in [-0.15, -0.1) is 0 Å². The van der Waals surface area contributed by atoms with Crippen molar-refractivity contribution >= 4 is 14.4 Å². The molecule has 88 valence electrons. The molecule has 1 aromatic rings. The van der Waals surface area contributed by atoms with E-state index in [0.717, 1.165) is 13.0 Å². The molecule has 16 heavy (non-hydrogen) atoms. The first kappa shape index (κ1) is 11.6. The zero-order valence-electron chi connectivity index (χ0n) is 10.1. The minimum absolute atomic E-state index is 0.503. The van der Waals surface area contributed by atoms with Gasteiger partial charge in [0.2, 0.25) is 0 Å². The maximum atomic E-state index is 5.77. The second kappa shape index (κ2) is 4.57. The van der Waals surface area contributed by atoms with Crippen LogP contribution in [-0.4, -0.2) is 29.5 Å². The van der Waals surface area contributed by atoms with Crippen molar-refractivity contribution in [2.24, 2.45) is 0 Å². The van der Waals surface area contributed by atoms with Crippen LogP contribution in [0.3, 0.4) is 0 Å². The topological polar surface area (TPSA) is 21.7 Å². The van der Waals surface area contributed by atoms with Gasteiger partial charge in [-0.3, -0.25) is 0 Å². The number of rotatable bonds is 3. The van der Waals surface area contributed by atoms with E-state index in [0.29, 0.717) is 5.54 Å². The monoisotopic (exact) mass is 237 g/mol. The van der Waals surface area contributed by atoms with Crippen LogP contribution in [0.4, 0.5) is 5.69 Å². The molecule has 1 aliphatic heterocycles. The molecule has 0 bridgehead atoms. The summed E-state index contributed by atoms with van der Waals surface area (Å²) in [5.41, 5.74) is 1.71. The zero-order chi connectivity index (χ0) is 11.6. The van der Waals surface area contributed by atoms with Gasteiger partial charge in [0.25, 0.3) is 0 Å². The van der Waals surface area contributed by atoms with Crippen LogP contribution in [0.25, 0.3) is 0 Å². The summed E-state index contributed by atoms with van der Waals surface area (Å²) < 4.78 is 13.9. The fourth-order valence-electron chi connectivity index (χ4n) is 2.55. The van der Waals surface area contributed by atoms with Crippen LogP contribution >= 0.6 is 0 Å². The van der Waals surface area contributed by atoms with E-state index < -0.39 is 8.72 Å². The molecule has 1 saturated heterocycles. The molecule has 1 aliphatic rings. The van der Waals surface area contributed by atoms with Gasteiger partial charge in [0.15, 0.2) is 0 Å². The molecule has 3 nitrogen and oxygen atoms in total. The van der Waals surface area contributed by atoms with Crippen LogP contribution in [0.5, 0.6) is 0 Å². The molecule has 1 fully saturated rings. The molecule has 4 heteroatoms. The van der Waals surface area contributed by atoms with Crippen LogP contribution in [0, 0.1) is 0 Å². The summed E-state index contributed by atoms with van der Waals surface area (Å²) in [6.45, 7) is 3.25. The highest BCUT2D eigenvalue weighted by Gasteiger charge is 2.53. The first-order valence-corrected chi connectivity index (χ1v) is 7.51. The van der Waals surface area contributed by atoms with Crippen LogP contribution in [0.1, 0.15) is 13.3 Å². The molecule has 0 saturated carbocycles. The number of hydrogen-bond acceptors (Lipinski definition) is 3. The minimum atomic E-state index is -2.22. The number of para-hydroxylation sites is 1. The van der Waals surface area contributed by atoms with E-state index in [1.807, 2.05) is 6.07 Å². The van der Waals surface area contributed by atoms with E-state index in [-0.39, 0.29) is 0 Å². The highest BCUT2D eigenvalue weighted by Crippen LogP contribution is 2.39. The molecule has 1 atom stereocenters. The number of nitrogens with zero attached hydrogens (tertiary/aromatic N) is 1. The lowest BCUT2D eigenvalue weighted by Crippen LogP contribution is -2.55. The molecule has 0 amide bonds. The van der Waals surface area contributed by atoms with E-state index >= 15 is 0 Å². The average molecular weight is 237 g/mol. The fourth-order valence-corrected chi connectivity index (χ4v) is 5.94. The second-order valence-electron chi connectivity index (χ2n) is 4.22. The third-order valence-electron chi connectivity index (χ3n) is 3.44. The molecule has 0 radical (unpaired) electrons. The minimum Gasteiger partial charge on any atom is -0.381 e. The predicted octanol–water partition coefficient (Wildman–Crippen LogP) is 2.52. The van der Waals surface area contributed by atoms with Gasteiger partial charge in [-0.25, -0.2) is 0 Å². The lowest BCUT2D eigenvalue weighted by Gasteiger charge is -2.35. The summed E-state index contributed by atoms with van der Waals surface area (Å²) in [5.74, 6) is 0. The van der Waals surface area contributed by atoms with E-state index in [1.54, 1.807) is 14.2 Å². The summed E-state index contributed by atoms with van der Waals surface area (Å²) >= 11 is 0. The van der Waals surface area contributed by atoms with Crippen molar-refractivity contribution in [2.75, 3.05) is 25.3 Å². The van der Waals surface area contributed by atoms with E-state index in [4.69, 9.17) is 8.85 Å². The molecule has 1 heterocycles. The van der Waals surface area contributed by atoms with Crippen LogP contribution in [-0.2, 0) is 8.85 Å². The van der Waals surface area contributed by atoms with Crippen molar-refractivity contribution in [1.82, 2.24) is 0 Å². The lowest BCUT2D eigenvalue weighted by molar-refractivity contribution is 0.237. The first-order valence-electron chi connectivity index (χ1n) is 5.67. The Morgan fingerprint density at radius 3 is 2.38 bits per heavy atom. The van der Waals surface area contributed by atoms with Crippen molar-refractivity contribution in [2.45, 2.75) is 18.9 Å². The summed E-state index contributed by atoms with van der Waals surface area (Å²) in [6.07, 6.45) is 1.14. The lowest BCUT2D eigenvalue weighted by atomic mass is 10.3. The van der Waals surface area contributed by atoms with Gasteiger partial charge in [0.05, 0.1) is 0 Å². The van der Waals surface area contributed by atoms with Gasteiger partial charge in [0, 0.05) is 32.0 Å². The SMILES string of the molecule is CO[Si]1(OC)C(C)CCN1c1ccccc1. The van der Waals surface area contributed by atoms with Gasteiger partial charge in [-0.05, 0) is 18.6 Å². The zero-order valence-corrected chi connectivity index (χ0v) is 11.1. The Balaban J connectivity index is 2.34. The maximum absolute atomic E-state index is 5.77. The molecule has 0 aromatic heterocycles. The summed E-state index contributed by atoms with van der Waals surface area (Å²) in [7, 11) is 1.32. The molecular weight excluding hydrogens is 218 g/mol. The van der Waals surface area contributed by atoms with Crippen LogP contribution in [0.15, 0.2) is 30.3 Å². The van der Waals surface area contributed by atoms with Gasteiger partial charge >= 0.3 is 8.72 Å². The van der Waals surface area contributed by atoms with E-state index in [9.17, 15) is 0 Å². The van der Waals surface area contributed by atoms with Gasteiger partial charge in [0.1, 0.15) is 0 Å². The number of anilines is 1. The Morgan fingerprint density at radius 1 is 1.19 bits per heavy atom. The summed E-state index contributed by atoms with van der Waals surface area (Å²) in [6, 6.07) is 10.4. The molecule has 1 unspecified atom stereocenters. The average Bonchev–Trinajstić information content (AvgIpc) is 2.68. The molecule has 2 rings (SSSR count). The third kappa shape index (κ3) is 1.67. The Labute approximate surface area is 98.3 Å². The Hall–Kier alpha value is -0.843. The summed E-state index contributed by atoms with van der Waals surface area (Å²) in [4.78, 5) is 0. The van der Waals surface area contributed by atoms with E-state index in [1.165, 1.54) is 5.69 Å². The molecule has 0 N–H and O–H groups in total. The molecular formula is C12H19NO2Si. The molecule has 1 aromatic carbocycles. The van der Waals surface area contributed by atoms with Gasteiger partial charge in [-0.1, -0.05) is 25.1 Å². The molecule has 0 spiro atoms. The van der Waals surface area contributed by atoms with Crippen LogP contribution in [0.2, 0.25) is 5.54 Å². The number of benzene rings is 1. The Kier molecular flexibility index (Phi) is 3.32. The van der Waals surface area contributed by atoms with Crippen molar-refractivity contribution < 1.29 is 8.85 Å². The second-order valence-corrected chi connectivity index (χ2v) is 7.82. The van der Waals surface area contributed by atoms with E-state index in [2.05, 4.69) is 35.8 Å². The Bertz CT molecular complexity index is 340. The highest BCUT2D eigenvalue weighted by molar-refractivity contribution is 6.73. The van der Waals surface area contributed by atoms with Crippen LogP contribution < -0.4 is 4.57 Å². The third-order valence-corrected chi connectivity index (χ3v) is 7.38. The highest BCUT2D eigenvalue weighted by atomic mass is 28.4. The quantitative estimate of drug-likeness (QED) is 0.754. The van der Waals surface area contributed by atoms with Gasteiger partial charge < -0.3 is 13.4 Å². The van der Waals surface area contributed by atoms with Crippen molar-refractivity contribution in [1.29, 1.82) is 0 Å². The van der Waals surface area contributed by atoms with Crippen molar-refractivity contribution in [3.63, 3.8) is 0 Å². The van der Waals surface area contributed by atoms with Crippen molar-refractivity contribution in [3.05, 3.63) is 30.3 Å². The number of hydrogen-bond donors (Lipinski definition) is 0. The van der Waals surface area contributed by atoms with Gasteiger partial charge in [-0.2, -0.15) is 0 Å². The first-order chi connectivity index (χ1) is 7.74. The predicted molar refractivity (Wildman–Crippen MR) is 67.6 cm³/mol. The van der Waals surface area contributed by atoms with Crippen molar-refractivity contribution in [3.8, 4) is 0 Å². The largest absolute Gasteiger partial charge is 0.462 e. The normalized spacial score (nSPS) is 23.7. The smallest absolute Gasteiger partial charge is 0.381 e. The fraction of sp³-hybridized carbons (Fsp3) is 0.500. The Morgan fingerprint density at radius 2 is 1.81 bits per heavy atom. The standard InChI is InChI=1S/C12H19NO2Si/c1-11-9-10-13(16(11,14-2)15-3)12-7-5-4-6-8-12/h4-8,11H,9-10H2,1-3H3. The maximum Gasteiger partial charge on any atom is 0.462 e. The molecule has 0 aliphatic carbocycles. The summed E-state index contributed by atoms with van der Waals surface area (Å²) in [5, 5.41) is 0.